The zero-order valence-electron chi connectivity index (χ0n) is 15.8. The van der Waals surface area contributed by atoms with Crippen LogP contribution in [0.2, 0.25) is 5.02 Å². The second kappa shape index (κ2) is 7.68. The summed E-state index contributed by atoms with van der Waals surface area (Å²) in [4.78, 5) is 17.2. The Morgan fingerprint density at radius 3 is 2.46 bits per heavy atom. The molecule has 0 spiro atoms. The molecule has 1 N–H and O–H groups in total. The Hall–Kier alpha value is -1.59. The molecule has 1 aromatic carbocycles. The number of aromatic nitrogens is 1. The third-order valence-electron chi connectivity index (χ3n) is 6.67. The zero-order chi connectivity index (χ0) is 19.1. The van der Waals surface area contributed by atoms with Crippen molar-refractivity contribution in [2.75, 3.05) is 0 Å². The maximum Gasteiger partial charge on any atom is 0.226 e. The number of halogens is 1. The fraction of sp³-hybridized carbons (Fsp3) is 0.545. The predicted molar refractivity (Wildman–Crippen MR) is 111 cm³/mol. The minimum absolute atomic E-state index is 0.118. The summed E-state index contributed by atoms with van der Waals surface area (Å²) in [5.41, 5.74) is 0.834. The molecule has 0 atom stereocenters. The molecule has 148 valence electrons. The predicted octanol–water partition coefficient (Wildman–Crippen LogP) is 4.86. The number of benzene rings is 1. The topological polar surface area (TPSA) is 51.2 Å². The van der Waals surface area contributed by atoms with Gasteiger partial charge in [0.25, 0.3) is 0 Å². The molecule has 4 fully saturated rings. The van der Waals surface area contributed by atoms with E-state index >= 15 is 0 Å². The van der Waals surface area contributed by atoms with Gasteiger partial charge in [-0.1, -0.05) is 11.6 Å². The first-order valence-electron chi connectivity index (χ1n) is 10.2. The van der Waals surface area contributed by atoms with Crippen molar-refractivity contribution in [3.05, 3.63) is 45.4 Å². The summed E-state index contributed by atoms with van der Waals surface area (Å²) in [5, 5.41) is 6.90. The van der Waals surface area contributed by atoms with Gasteiger partial charge in [0, 0.05) is 16.4 Å². The van der Waals surface area contributed by atoms with E-state index in [1.165, 1.54) is 32.1 Å². The van der Waals surface area contributed by atoms with Crippen LogP contribution < -0.4 is 10.1 Å². The molecule has 4 nitrogen and oxygen atoms in total. The quantitative estimate of drug-likeness (QED) is 0.731. The van der Waals surface area contributed by atoms with E-state index in [1.807, 2.05) is 17.5 Å². The van der Waals surface area contributed by atoms with Gasteiger partial charge < -0.3 is 10.1 Å². The van der Waals surface area contributed by atoms with Crippen LogP contribution in [-0.2, 0) is 17.8 Å². The van der Waals surface area contributed by atoms with Crippen LogP contribution in [0.4, 0.5) is 0 Å². The van der Waals surface area contributed by atoms with Crippen LogP contribution in [0.5, 0.6) is 5.75 Å². The highest BCUT2D eigenvalue weighted by atomic mass is 35.5. The highest BCUT2D eigenvalue weighted by molar-refractivity contribution is 7.09. The van der Waals surface area contributed by atoms with Gasteiger partial charge in [-0.2, -0.15) is 0 Å². The van der Waals surface area contributed by atoms with E-state index in [9.17, 15) is 4.79 Å². The molecule has 1 aromatic heterocycles. The smallest absolute Gasteiger partial charge is 0.226 e. The van der Waals surface area contributed by atoms with Crippen molar-refractivity contribution >= 4 is 28.8 Å². The highest BCUT2D eigenvalue weighted by Crippen LogP contribution is 2.53. The summed E-state index contributed by atoms with van der Waals surface area (Å²) in [6.07, 6.45) is 7.08. The minimum atomic E-state index is 0.118. The number of rotatable bonds is 6. The van der Waals surface area contributed by atoms with Crippen LogP contribution in [0, 0.1) is 23.7 Å². The normalized spacial score (nSPS) is 30.4. The summed E-state index contributed by atoms with van der Waals surface area (Å²) in [6.45, 7) is 0.406. The molecule has 4 bridgehead atoms. The molecule has 4 aliphatic carbocycles. The molecule has 28 heavy (non-hydrogen) atoms. The van der Waals surface area contributed by atoms with Crippen LogP contribution in [0.1, 0.15) is 42.8 Å². The number of hydrogen-bond donors (Lipinski definition) is 1. The van der Waals surface area contributed by atoms with E-state index in [2.05, 4.69) is 10.3 Å². The molecule has 0 unspecified atom stereocenters. The molecule has 6 rings (SSSR count). The lowest BCUT2D eigenvalue weighted by atomic mass is 9.54. The van der Waals surface area contributed by atoms with Gasteiger partial charge in [-0.15, -0.1) is 11.3 Å². The molecule has 4 aliphatic rings. The number of carbonyl (C=O) groups is 1. The van der Waals surface area contributed by atoms with Crippen LogP contribution in [0.25, 0.3) is 0 Å². The third-order valence-corrected chi connectivity index (χ3v) is 7.79. The Morgan fingerprint density at radius 1 is 1.11 bits per heavy atom. The first-order chi connectivity index (χ1) is 13.6. The number of ether oxygens (including phenoxy) is 1. The third kappa shape index (κ3) is 3.92. The van der Waals surface area contributed by atoms with Crippen molar-refractivity contribution in [1.29, 1.82) is 0 Å². The number of nitrogens with zero attached hydrogens (tertiary/aromatic N) is 1. The Bertz CT molecular complexity index is 822. The van der Waals surface area contributed by atoms with Crippen LogP contribution in [-0.4, -0.2) is 16.9 Å². The van der Waals surface area contributed by atoms with E-state index in [0.29, 0.717) is 35.9 Å². The average Bonchev–Trinajstić information content (AvgIpc) is 3.11. The number of amides is 1. The number of hydrogen-bond acceptors (Lipinski definition) is 4. The van der Waals surface area contributed by atoms with Crippen molar-refractivity contribution < 1.29 is 9.53 Å². The molecule has 4 saturated carbocycles. The molecule has 1 amide bonds. The summed E-state index contributed by atoms with van der Waals surface area (Å²) in [6, 6.07) is 7.69. The molecule has 1 heterocycles. The maximum atomic E-state index is 12.6. The van der Waals surface area contributed by atoms with Crippen molar-refractivity contribution in [2.45, 2.75) is 51.2 Å². The summed E-state index contributed by atoms with van der Waals surface area (Å²) in [7, 11) is 0. The Kier molecular flexibility index (Phi) is 5.06. The minimum Gasteiger partial charge on any atom is -0.486 e. The lowest BCUT2D eigenvalue weighted by Gasteiger charge is -2.54. The highest BCUT2D eigenvalue weighted by Gasteiger charge is 2.48. The van der Waals surface area contributed by atoms with Crippen molar-refractivity contribution in [2.24, 2.45) is 23.7 Å². The Balaban J connectivity index is 1.14. The second-order valence-electron chi connectivity index (χ2n) is 8.68. The summed E-state index contributed by atoms with van der Waals surface area (Å²) in [5.74, 6) is 4.15. The molecule has 0 radical (unpaired) electrons. The summed E-state index contributed by atoms with van der Waals surface area (Å²) < 4.78 is 5.74. The molecule has 6 heteroatoms. The molecule has 2 aromatic rings. The van der Waals surface area contributed by atoms with Gasteiger partial charge in [0.15, 0.2) is 0 Å². The van der Waals surface area contributed by atoms with E-state index < -0.39 is 0 Å². The molecular formula is C22H25ClN2O2S. The van der Waals surface area contributed by atoms with Crippen LogP contribution in [0.15, 0.2) is 29.6 Å². The van der Waals surface area contributed by atoms with Crippen molar-refractivity contribution in [1.82, 2.24) is 10.3 Å². The van der Waals surface area contributed by atoms with E-state index in [4.69, 9.17) is 16.3 Å². The van der Waals surface area contributed by atoms with E-state index in [0.717, 1.165) is 28.3 Å². The first kappa shape index (κ1) is 18.4. The lowest BCUT2D eigenvalue weighted by molar-refractivity contribution is -0.124. The maximum absolute atomic E-state index is 12.6. The first-order valence-corrected chi connectivity index (χ1v) is 11.5. The largest absolute Gasteiger partial charge is 0.486 e. The van der Waals surface area contributed by atoms with Gasteiger partial charge >= 0.3 is 0 Å². The van der Waals surface area contributed by atoms with Crippen molar-refractivity contribution in [3.63, 3.8) is 0 Å². The van der Waals surface area contributed by atoms with Crippen LogP contribution >= 0.6 is 22.9 Å². The summed E-state index contributed by atoms with van der Waals surface area (Å²) >= 11 is 7.43. The van der Waals surface area contributed by atoms with Gasteiger partial charge in [-0.25, -0.2) is 4.98 Å². The number of thiazole rings is 1. The van der Waals surface area contributed by atoms with Gasteiger partial charge in [-0.3, -0.25) is 4.79 Å². The lowest BCUT2D eigenvalue weighted by Crippen LogP contribution is -2.56. The Morgan fingerprint density at radius 2 is 1.79 bits per heavy atom. The fourth-order valence-corrected chi connectivity index (χ4v) is 6.57. The van der Waals surface area contributed by atoms with Gasteiger partial charge in [0.05, 0.1) is 12.1 Å². The molecular weight excluding hydrogens is 392 g/mol. The SMILES string of the molecule is O=C(Cc1csc(COc2ccc(Cl)cc2)n1)NC1C2CC3CC(C2)CC1C3. The van der Waals surface area contributed by atoms with Crippen molar-refractivity contribution in [3.8, 4) is 5.75 Å². The Labute approximate surface area is 174 Å². The second-order valence-corrected chi connectivity index (χ2v) is 10.1. The molecule has 0 saturated heterocycles. The monoisotopic (exact) mass is 416 g/mol. The van der Waals surface area contributed by atoms with E-state index in [1.54, 1.807) is 23.5 Å². The van der Waals surface area contributed by atoms with Gasteiger partial charge in [0.2, 0.25) is 5.91 Å². The standard InChI is InChI=1S/C22H25ClN2O2S/c23-17-1-3-19(4-2-17)27-11-21-24-18(12-28-21)10-20(26)25-22-15-6-13-5-14(8-15)9-16(22)7-13/h1-4,12-16,22H,5-11H2,(H,25,26). The number of carbonyl (C=O) groups excluding carboxylic acids is 1. The van der Waals surface area contributed by atoms with Gasteiger partial charge in [0.1, 0.15) is 17.4 Å². The molecule has 0 aliphatic heterocycles. The van der Waals surface area contributed by atoms with Gasteiger partial charge in [-0.05, 0) is 80.0 Å². The van der Waals surface area contributed by atoms with Crippen LogP contribution in [0.3, 0.4) is 0 Å². The number of nitrogens with one attached hydrogen (secondary N) is 1. The fourth-order valence-electron chi connectivity index (χ4n) is 5.73. The van der Waals surface area contributed by atoms with E-state index in [-0.39, 0.29) is 5.91 Å². The average molecular weight is 417 g/mol. The zero-order valence-corrected chi connectivity index (χ0v) is 17.3.